The fraction of sp³-hybridized carbons (Fsp3) is 0.796. The van der Waals surface area contributed by atoms with Gasteiger partial charge < -0.3 is 73.0 Å². The van der Waals surface area contributed by atoms with Crippen molar-refractivity contribution in [1.82, 2.24) is 14.7 Å². The van der Waals surface area contributed by atoms with E-state index >= 15 is 0 Å². The van der Waals surface area contributed by atoms with Gasteiger partial charge in [0.2, 0.25) is 0 Å². The zero-order chi connectivity index (χ0) is 54.2. The van der Waals surface area contributed by atoms with Crippen LogP contribution in [0, 0.1) is 23.7 Å². The lowest BCUT2D eigenvalue weighted by Crippen LogP contribution is -2.62. The van der Waals surface area contributed by atoms with Gasteiger partial charge in [-0.15, -0.1) is 0 Å². The zero-order valence-electron chi connectivity index (χ0n) is 46.3. The number of piperazine rings is 1. The number of esters is 1. The molecule has 0 saturated carbocycles. The maximum Gasteiger partial charge on any atom is 0.311 e. The summed E-state index contributed by atoms with van der Waals surface area (Å²) >= 11 is 0. The van der Waals surface area contributed by atoms with E-state index in [-0.39, 0.29) is 31.8 Å². The van der Waals surface area contributed by atoms with Crippen LogP contribution in [0.4, 0.5) is 0 Å². The minimum absolute atomic E-state index is 0.0868. The SMILES string of the molecule is CC[C@H]1OC(=O)[C@H](C)[C@@H](O[C@H]2C[C@@](C)(OC)[C@@H](O)[C@H](C)O2)[C@H](C)[C@@H](O[C@@H]2O[C@H](C)C[C@H](N(C)C(=O)c3ccc(OC)cc3)[C@H]2O)[C@@](C)(OC)C[C@@H](C)/C(=N\OC/C=C/CN2CCN(C)CC2)[C@H](C)[C@@H](O)[C@]1(C)O. The number of rotatable bonds is 15. The Hall–Kier alpha value is -3.31. The summed E-state index contributed by atoms with van der Waals surface area (Å²) in [6.45, 7) is 22.4. The maximum absolute atomic E-state index is 14.7. The molecule has 0 bridgehead atoms. The fourth-order valence-corrected chi connectivity index (χ4v) is 11.2. The van der Waals surface area contributed by atoms with Gasteiger partial charge in [0, 0.05) is 83.7 Å². The Labute approximate surface area is 434 Å². The highest BCUT2D eigenvalue weighted by molar-refractivity contribution is 5.94. The van der Waals surface area contributed by atoms with Crippen molar-refractivity contribution in [3.63, 3.8) is 0 Å². The van der Waals surface area contributed by atoms with Crippen LogP contribution in [-0.4, -0.2) is 212 Å². The van der Waals surface area contributed by atoms with E-state index in [2.05, 4.69) is 22.0 Å². The maximum atomic E-state index is 14.7. The highest BCUT2D eigenvalue weighted by atomic mass is 16.7. The average molecular weight is 1040 g/mol. The number of amides is 1. The van der Waals surface area contributed by atoms with E-state index < -0.39 is 114 Å². The minimum Gasteiger partial charge on any atom is -0.497 e. The summed E-state index contributed by atoms with van der Waals surface area (Å²) < 4.78 is 50.7. The summed E-state index contributed by atoms with van der Waals surface area (Å²) in [7, 11) is 8.35. The number of carbonyl (C=O) groups excluding carboxylic acids is 2. The first-order valence-electron chi connectivity index (χ1n) is 26.2. The molecular formula is C54H90N4O15. The number of benzene rings is 1. The van der Waals surface area contributed by atoms with Crippen LogP contribution in [-0.2, 0) is 42.8 Å². The molecule has 4 aliphatic heterocycles. The smallest absolute Gasteiger partial charge is 0.311 e. The number of carbonyl (C=O) groups is 2. The number of oxime groups is 1. The first-order chi connectivity index (χ1) is 34.4. The molecule has 73 heavy (non-hydrogen) atoms. The van der Waals surface area contributed by atoms with Crippen molar-refractivity contribution in [3.8, 4) is 5.75 Å². The molecule has 0 aromatic heterocycles. The second kappa shape index (κ2) is 26.2. The second-order valence-corrected chi connectivity index (χ2v) is 21.8. The lowest BCUT2D eigenvalue weighted by Gasteiger charge is -2.50. The first-order valence-corrected chi connectivity index (χ1v) is 26.2. The van der Waals surface area contributed by atoms with Gasteiger partial charge in [0.15, 0.2) is 12.6 Å². The van der Waals surface area contributed by atoms with Crippen molar-refractivity contribution >= 4 is 17.6 Å². The molecule has 4 saturated heterocycles. The van der Waals surface area contributed by atoms with Gasteiger partial charge in [-0.05, 0) is 98.2 Å². The number of likely N-dealkylation sites (N-methyl/N-ethyl adjacent to an activating group) is 2. The van der Waals surface area contributed by atoms with Crippen LogP contribution in [0.2, 0.25) is 0 Å². The third-order valence-corrected chi connectivity index (χ3v) is 16.3. The third kappa shape index (κ3) is 14.4. The Kier molecular flexibility index (Phi) is 21.7. The van der Waals surface area contributed by atoms with Crippen molar-refractivity contribution in [1.29, 1.82) is 0 Å². The Morgan fingerprint density at radius 3 is 2.12 bits per heavy atom. The number of aliphatic hydroxyl groups is 4. The summed E-state index contributed by atoms with van der Waals surface area (Å²) in [5.41, 5.74) is -3.55. The molecule has 0 unspecified atom stereocenters. The van der Waals surface area contributed by atoms with Crippen molar-refractivity contribution in [2.75, 3.05) is 74.8 Å². The molecule has 0 radical (unpaired) electrons. The minimum atomic E-state index is -1.96. The number of ether oxygens (including phenoxy) is 8. The molecule has 1 amide bonds. The predicted molar refractivity (Wildman–Crippen MR) is 274 cm³/mol. The van der Waals surface area contributed by atoms with E-state index in [1.165, 1.54) is 18.9 Å². The van der Waals surface area contributed by atoms with Crippen molar-refractivity contribution in [3.05, 3.63) is 42.0 Å². The van der Waals surface area contributed by atoms with Crippen LogP contribution in [0.5, 0.6) is 5.75 Å². The van der Waals surface area contributed by atoms with Gasteiger partial charge in [-0.1, -0.05) is 38.9 Å². The molecule has 18 atom stereocenters. The zero-order valence-corrected chi connectivity index (χ0v) is 46.3. The molecule has 19 nitrogen and oxygen atoms in total. The molecule has 1 aromatic carbocycles. The van der Waals surface area contributed by atoms with Crippen molar-refractivity contribution < 1.29 is 72.7 Å². The summed E-state index contributed by atoms with van der Waals surface area (Å²) in [5, 5.41) is 52.6. The Morgan fingerprint density at radius 1 is 0.877 bits per heavy atom. The summed E-state index contributed by atoms with van der Waals surface area (Å²) in [6, 6.07) is 5.98. The number of methoxy groups -OCH3 is 3. The van der Waals surface area contributed by atoms with Crippen LogP contribution in [0.25, 0.3) is 0 Å². The summed E-state index contributed by atoms with van der Waals surface area (Å²) in [4.78, 5) is 40.9. The van der Waals surface area contributed by atoms with Crippen LogP contribution in [0.3, 0.4) is 0 Å². The monoisotopic (exact) mass is 1030 g/mol. The average Bonchev–Trinajstić information content (AvgIpc) is 3.37. The molecule has 416 valence electrons. The summed E-state index contributed by atoms with van der Waals surface area (Å²) in [6.07, 6.45) is -6.08. The number of aliphatic hydroxyl groups excluding tert-OH is 3. The first kappa shape index (κ1) is 60.6. The van der Waals surface area contributed by atoms with Gasteiger partial charge in [0.1, 0.15) is 36.3 Å². The molecule has 4 N–H and O–H groups in total. The molecule has 5 rings (SSSR count). The Balaban J connectivity index is 1.59. The van der Waals surface area contributed by atoms with Crippen LogP contribution >= 0.6 is 0 Å². The topological polar surface area (TPSA) is 220 Å². The fourth-order valence-electron chi connectivity index (χ4n) is 11.2. The highest BCUT2D eigenvalue weighted by Crippen LogP contribution is 2.42. The lowest BCUT2D eigenvalue weighted by atomic mass is 9.73. The normalized spacial score (nSPS) is 40.5. The van der Waals surface area contributed by atoms with E-state index in [1.807, 2.05) is 39.8 Å². The number of hydrogen-bond donors (Lipinski definition) is 4. The van der Waals surface area contributed by atoms with Gasteiger partial charge in [-0.3, -0.25) is 14.5 Å². The largest absolute Gasteiger partial charge is 0.497 e. The van der Waals surface area contributed by atoms with E-state index in [0.717, 1.165) is 32.7 Å². The van der Waals surface area contributed by atoms with Gasteiger partial charge in [-0.2, -0.15) is 0 Å². The van der Waals surface area contributed by atoms with E-state index in [4.69, 9.17) is 42.7 Å². The third-order valence-electron chi connectivity index (χ3n) is 16.3. The molecule has 1 aromatic rings. The van der Waals surface area contributed by atoms with E-state index in [0.29, 0.717) is 23.4 Å². The van der Waals surface area contributed by atoms with Crippen LogP contribution in [0.1, 0.15) is 105 Å². The second-order valence-electron chi connectivity index (χ2n) is 21.8. The number of nitrogens with zero attached hydrogens (tertiary/aromatic N) is 4. The van der Waals surface area contributed by atoms with Gasteiger partial charge in [-0.25, -0.2) is 0 Å². The van der Waals surface area contributed by atoms with Crippen molar-refractivity contribution in [2.45, 2.75) is 179 Å². The molecule has 4 aliphatic rings. The van der Waals surface area contributed by atoms with Gasteiger partial charge in [0.25, 0.3) is 5.91 Å². The van der Waals surface area contributed by atoms with Gasteiger partial charge in [0.05, 0.1) is 66.5 Å². The number of cyclic esters (lactones) is 1. The molecule has 19 heteroatoms. The number of hydrogen-bond acceptors (Lipinski definition) is 18. The molecule has 0 spiro atoms. The van der Waals surface area contributed by atoms with E-state index in [1.54, 1.807) is 80.2 Å². The van der Waals surface area contributed by atoms with Gasteiger partial charge >= 0.3 is 5.97 Å². The Bertz CT molecular complexity index is 1970. The van der Waals surface area contributed by atoms with Crippen molar-refractivity contribution in [2.24, 2.45) is 28.8 Å². The van der Waals surface area contributed by atoms with Crippen LogP contribution in [0.15, 0.2) is 41.6 Å². The predicted octanol–water partition coefficient (Wildman–Crippen LogP) is 4.27. The molecular weight excluding hydrogens is 945 g/mol. The Morgan fingerprint density at radius 2 is 1.52 bits per heavy atom. The van der Waals surface area contributed by atoms with Crippen LogP contribution < -0.4 is 4.74 Å². The standard InChI is InChI=1S/C54H90N4O15/c1-16-41-54(10,64)46(60)34(4)43(55-68-28-18-17-23-58-26-24-56(11)25-27-58)32(2)30-53(9,67-15)48(35(5)45(36(6)50(63)71-41)72-42-31-52(8,66-14)47(61)37(7)70-42)73-51-44(59)40(29-33(3)69-51)57(12)49(62)38-19-21-39(65-13)22-20-38/h17-22,32-37,40-42,44-48,51,59-61,64H,16,23-31H2,1-15H3/b18-17+,55-43+/t32-,33-,34+,35+,36-,37+,40+,41-,42+,44-,45+,46-,47+,48-,51+,52-,53+,54-/m1/s1. The molecule has 0 aliphatic carbocycles. The quantitative estimate of drug-likeness (QED) is 0.0835. The summed E-state index contributed by atoms with van der Waals surface area (Å²) in [5.74, 6) is -3.70. The molecule has 4 heterocycles. The molecule has 4 fully saturated rings. The van der Waals surface area contributed by atoms with E-state index in [9.17, 15) is 30.0 Å². The highest BCUT2D eigenvalue weighted by Gasteiger charge is 2.54. The lowest BCUT2D eigenvalue weighted by molar-refractivity contribution is -0.318.